The van der Waals surface area contributed by atoms with E-state index in [-0.39, 0.29) is 6.10 Å². The number of aliphatic hydroxyl groups excluding tert-OH is 1. The molecule has 158 valence electrons. The van der Waals surface area contributed by atoms with Crippen molar-refractivity contribution in [3.63, 3.8) is 0 Å². The fourth-order valence-electron chi connectivity index (χ4n) is 3.54. The highest BCUT2D eigenvalue weighted by atomic mass is 16.5. The van der Waals surface area contributed by atoms with Crippen molar-refractivity contribution in [3.8, 4) is 11.5 Å². The quantitative estimate of drug-likeness (QED) is 0.661. The van der Waals surface area contributed by atoms with E-state index in [0.29, 0.717) is 19.7 Å². The van der Waals surface area contributed by atoms with Gasteiger partial charge < -0.3 is 19.3 Å². The van der Waals surface area contributed by atoms with Crippen molar-refractivity contribution < 1.29 is 19.3 Å². The van der Waals surface area contributed by atoms with Gasteiger partial charge in [-0.15, -0.1) is 0 Å². The molecular weight excluding hydrogens is 368 g/mol. The molecule has 1 heterocycles. The Morgan fingerprint density at radius 2 is 1.83 bits per heavy atom. The number of benzene rings is 2. The lowest BCUT2D eigenvalue weighted by atomic mass is 10.1. The predicted molar refractivity (Wildman–Crippen MR) is 113 cm³/mol. The van der Waals surface area contributed by atoms with E-state index in [1.54, 1.807) is 7.11 Å². The molecule has 1 fully saturated rings. The van der Waals surface area contributed by atoms with Crippen molar-refractivity contribution in [1.82, 2.24) is 9.80 Å². The van der Waals surface area contributed by atoms with Crippen molar-refractivity contribution in [2.75, 3.05) is 53.6 Å². The number of hydrogen-bond donors (Lipinski definition) is 1. The SMILES string of the molecule is COc1cc(CN(C)C[C@@H](O)CN2CCOCC2)ccc1OCc1ccccc1. The molecule has 0 aliphatic carbocycles. The van der Waals surface area contributed by atoms with Gasteiger partial charge in [-0.05, 0) is 30.3 Å². The lowest BCUT2D eigenvalue weighted by molar-refractivity contribution is 0.00825. The molecule has 1 aliphatic rings. The van der Waals surface area contributed by atoms with Crippen LogP contribution in [0, 0.1) is 0 Å². The maximum Gasteiger partial charge on any atom is 0.161 e. The van der Waals surface area contributed by atoms with E-state index >= 15 is 0 Å². The van der Waals surface area contributed by atoms with Crippen LogP contribution in [-0.2, 0) is 17.9 Å². The zero-order valence-electron chi connectivity index (χ0n) is 17.4. The van der Waals surface area contributed by atoms with Crippen LogP contribution in [-0.4, -0.2) is 74.6 Å². The van der Waals surface area contributed by atoms with Crippen LogP contribution in [0.4, 0.5) is 0 Å². The average molecular weight is 401 g/mol. The number of nitrogens with zero attached hydrogens (tertiary/aromatic N) is 2. The zero-order chi connectivity index (χ0) is 20.5. The van der Waals surface area contributed by atoms with Gasteiger partial charge in [-0.1, -0.05) is 36.4 Å². The molecule has 1 aliphatic heterocycles. The first-order chi connectivity index (χ1) is 14.1. The number of rotatable bonds is 10. The summed E-state index contributed by atoms with van der Waals surface area (Å²) in [4.78, 5) is 4.38. The Bertz CT molecular complexity index is 735. The molecule has 6 nitrogen and oxygen atoms in total. The van der Waals surface area contributed by atoms with Crippen LogP contribution in [0.25, 0.3) is 0 Å². The van der Waals surface area contributed by atoms with Gasteiger partial charge in [-0.3, -0.25) is 9.80 Å². The largest absolute Gasteiger partial charge is 0.493 e. The van der Waals surface area contributed by atoms with E-state index in [1.165, 1.54) is 0 Å². The maximum absolute atomic E-state index is 10.4. The van der Waals surface area contributed by atoms with Crippen LogP contribution >= 0.6 is 0 Å². The molecule has 0 spiro atoms. The predicted octanol–water partition coefficient (Wildman–Crippen LogP) is 2.40. The zero-order valence-corrected chi connectivity index (χ0v) is 17.4. The summed E-state index contributed by atoms with van der Waals surface area (Å²) in [6.07, 6.45) is -0.381. The molecule has 1 N–H and O–H groups in total. The molecule has 0 amide bonds. The van der Waals surface area contributed by atoms with Crippen molar-refractivity contribution in [1.29, 1.82) is 0 Å². The third-order valence-corrected chi connectivity index (χ3v) is 5.01. The summed E-state index contributed by atoms with van der Waals surface area (Å²) in [6, 6.07) is 16.1. The van der Waals surface area contributed by atoms with Crippen molar-refractivity contribution in [2.24, 2.45) is 0 Å². The van der Waals surface area contributed by atoms with E-state index in [2.05, 4.69) is 9.80 Å². The lowest BCUT2D eigenvalue weighted by Gasteiger charge is -2.30. The molecule has 1 atom stereocenters. The van der Waals surface area contributed by atoms with Gasteiger partial charge in [0, 0.05) is 32.7 Å². The molecule has 0 saturated carbocycles. The fraction of sp³-hybridized carbons (Fsp3) is 0.478. The first-order valence-electron chi connectivity index (χ1n) is 10.1. The summed E-state index contributed by atoms with van der Waals surface area (Å²) in [7, 11) is 3.68. The minimum Gasteiger partial charge on any atom is -0.493 e. The average Bonchev–Trinajstić information content (AvgIpc) is 2.74. The second-order valence-electron chi connectivity index (χ2n) is 7.52. The molecule has 6 heteroatoms. The third-order valence-electron chi connectivity index (χ3n) is 5.01. The number of likely N-dealkylation sites (N-methyl/N-ethyl adjacent to an activating group) is 1. The second kappa shape index (κ2) is 11.2. The van der Waals surface area contributed by atoms with Gasteiger partial charge in [0.15, 0.2) is 11.5 Å². The van der Waals surface area contributed by atoms with Crippen molar-refractivity contribution in [3.05, 3.63) is 59.7 Å². The highest BCUT2D eigenvalue weighted by molar-refractivity contribution is 5.43. The molecule has 1 saturated heterocycles. The Balaban J connectivity index is 1.50. The minimum absolute atomic E-state index is 0.381. The summed E-state index contributed by atoms with van der Waals surface area (Å²) in [5, 5.41) is 10.4. The highest BCUT2D eigenvalue weighted by Crippen LogP contribution is 2.29. The molecule has 0 radical (unpaired) electrons. The smallest absolute Gasteiger partial charge is 0.161 e. The van der Waals surface area contributed by atoms with Crippen LogP contribution < -0.4 is 9.47 Å². The Hall–Kier alpha value is -2.12. The number of ether oxygens (including phenoxy) is 3. The minimum atomic E-state index is -0.381. The van der Waals surface area contributed by atoms with Gasteiger partial charge in [0.05, 0.1) is 26.4 Å². The van der Waals surface area contributed by atoms with E-state index in [4.69, 9.17) is 14.2 Å². The Kier molecular flexibility index (Phi) is 8.31. The molecule has 29 heavy (non-hydrogen) atoms. The molecule has 3 rings (SSSR count). The van der Waals surface area contributed by atoms with Gasteiger partial charge in [-0.25, -0.2) is 0 Å². The van der Waals surface area contributed by atoms with Crippen LogP contribution in [0.3, 0.4) is 0 Å². The molecule has 0 aromatic heterocycles. The third kappa shape index (κ3) is 7.01. The van der Waals surface area contributed by atoms with Crippen LogP contribution in [0.1, 0.15) is 11.1 Å². The van der Waals surface area contributed by atoms with Gasteiger partial charge in [0.2, 0.25) is 0 Å². The number of hydrogen-bond acceptors (Lipinski definition) is 6. The lowest BCUT2D eigenvalue weighted by Crippen LogP contribution is -2.43. The number of aliphatic hydroxyl groups is 1. The second-order valence-corrected chi connectivity index (χ2v) is 7.52. The number of morpholine rings is 1. The molecule has 0 bridgehead atoms. The molecule has 2 aromatic carbocycles. The molecular formula is C23H32N2O4. The summed E-state index contributed by atoms with van der Waals surface area (Å²) in [5.74, 6) is 1.45. The van der Waals surface area contributed by atoms with Gasteiger partial charge in [0.25, 0.3) is 0 Å². The Morgan fingerprint density at radius 3 is 2.55 bits per heavy atom. The normalized spacial score (nSPS) is 16.0. The topological polar surface area (TPSA) is 54.4 Å². The molecule has 0 unspecified atom stereocenters. The summed E-state index contributed by atoms with van der Waals surface area (Å²) in [6.45, 7) is 5.82. The van der Waals surface area contributed by atoms with Crippen LogP contribution in [0.5, 0.6) is 11.5 Å². The van der Waals surface area contributed by atoms with E-state index in [9.17, 15) is 5.11 Å². The monoisotopic (exact) mass is 400 g/mol. The Morgan fingerprint density at radius 1 is 1.07 bits per heavy atom. The van der Waals surface area contributed by atoms with E-state index in [1.807, 2.05) is 55.6 Å². The number of methoxy groups -OCH3 is 1. The van der Waals surface area contributed by atoms with Gasteiger partial charge in [0.1, 0.15) is 6.61 Å². The Labute approximate surface area is 173 Å². The number of β-amino-alcohol motifs (C(OH)–C–C–N with tert-alkyl or cyclic N) is 1. The first-order valence-corrected chi connectivity index (χ1v) is 10.1. The van der Waals surface area contributed by atoms with Crippen LogP contribution in [0.15, 0.2) is 48.5 Å². The van der Waals surface area contributed by atoms with Crippen molar-refractivity contribution in [2.45, 2.75) is 19.3 Å². The van der Waals surface area contributed by atoms with E-state index < -0.39 is 0 Å². The summed E-state index contributed by atoms with van der Waals surface area (Å²) >= 11 is 0. The standard InChI is InChI=1S/C23H32N2O4/c1-24(16-21(26)17-25-10-12-28-13-11-25)15-20-8-9-22(23(14-20)27-2)29-18-19-6-4-3-5-7-19/h3-9,14,21,26H,10-13,15-18H2,1-2H3/t21-/m1/s1. The summed E-state index contributed by atoms with van der Waals surface area (Å²) < 4.78 is 16.8. The molecule has 2 aromatic rings. The van der Waals surface area contributed by atoms with E-state index in [0.717, 1.165) is 55.5 Å². The summed E-state index contributed by atoms with van der Waals surface area (Å²) in [5.41, 5.74) is 2.24. The maximum atomic E-state index is 10.4. The van der Waals surface area contributed by atoms with Crippen LogP contribution in [0.2, 0.25) is 0 Å². The fourth-order valence-corrected chi connectivity index (χ4v) is 3.54. The van der Waals surface area contributed by atoms with Crippen molar-refractivity contribution >= 4 is 0 Å². The first kappa shape index (κ1) is 21.6. The van der Waals surface area contributed by atoms with Gasteiger partial charge in [-0.2, -0.15) is 0 Å². The van der Waals surface area contributed by atoms with Gasteiger partial charge >= 0.3 is 0 Å². The highest BCUT2D eigenvalue weighted by Gasteiger charge is 2.16.